The number of halogens is 1. The number of nitrogens with one attached hydrogen (secondary N) is 1. The maximum absolute atomic E-state index is 4.62. The lowest BCUT2D eigenvalue weighted by Crippen LogP contribution is -2.45. The number of hydrogen-bond acceptors (Lipinski definition) is 3. The quantitative estimate of drug-likeness (QED) is 0.351. The molecule has 1 aliphatic rings. The molecule has 0 saturated carbocycles. The Balaban J connectivity index is 0.00000392. The number of likely N-dealkylation sites (tertiary alicyclic amines) is 1. The van der Waals surface area contributed by atoms with Crippen molar-refractivity contribution >= 4 is 29.9 Å². The van der Waals surface area contributed by atoms with Gasteiger partial charge >= 0.3 is 0 Å². The molecule has 162 valence electrons. The third-order valence-corrected chi connectivity index (χ3v) is 5.24. The minimum absolute atomic E-state index is 0. The second-order valence-corrected chi connectivity index (χ2v) is 8.81. The van der Waals surface area contributed by atoms with Crippen LogP contribution < -0.4 is 5.32 Å². The predicted octanol–water partition coefficient (Wildman–Crippen LogP) is 3.54. The van der Waals surface area contributed by atoms with Crippen molar-refractivity contribution in [1.29, 1.82) is 0 Å². The molecule has 1 saturated heterocycles. The lowest BCUT2D eigenvalue weighted by molar-refractivity contribution is 0.159. The molecule has 1 aromatic heterocycles. The van der Waals surface area contributed by atoms with Gasteiger partial charge < -0.3 is 15.1 Å². The van der Waals surface area contributed by atoms with E-state index in [1.54, 1.807) is 0 Å². The van der Waals surface area contributed by atoms with Crippen LogP contribution in [0.3, 0.4) is 0 Å². The van der Waals surface area contributed by atoms with E-state index in [0.717, 1.165) is 25.0 Å². The highest BCUT2D eigenvalue weighted by Crippen LogP contribution is 2.19. The predicted molar refractivity (Wildman–Crippen MR) is 130 cm³/mol. The standard InChI is InChI=1S/C21H40N6.HI/c1-16(2)12-27-10-8-9-18(13-27)11-23-21(22-5)25(6)14-19-15-26(7)24-20(19)17(3)4;/h15-18H,8-14H2,1-7H3,(H,22,23);1H. The molecular weight excluding hydrogens is 463 g/mol. The van der Waals surface area contributed by atoms with Crippen LogP contribution in [0.4, 0.5) is 0 Å². The molecule has 0 spiro atoms. The van der Waals surface area contributed by atoms with Crippen molar-refractivity contribution in [3.8, 4) is 0 Å². The number of nitrogens with zero attached hydrogens (tertiary/aromatic N) is 5. The zero-order chi connectivity index (χ0) is 20.0. The summed E-state index contributed by atoms with van der Waals surface area (Å²) in [4.78, 5) is 9.34. The molecular formula is C21H41IN6. The van der Waals surface area contributed by atoms with Crippen molar-refractivity contribution in [2.45, 2.75) is 53.0 Å². The van der Waals surface area contributed by atoms with E-state index >= 15 is 0 Å². The highest BCUT2D eigenvalue weighted by molar-refractivity contribution is 14.0. The first-order valence-electron chi connectivity index (χ1n) is 10.5. The summed E-state index contributed by atoms with van der Waals surface area (Å²) < 4.78 is 1.92. The zero-order valence-corrected chi connectivity index (χ0v) is 21.2. The Morgan fingerprint density at radius 3 is 2.68 bits per heavy atom. The Labute approximate surface area is 189 Å². The monoisotopic (exact) mass is 504 g/mol. The minimum Gasteiger partial charge on any atom is -0.356 e. The second-order valence-electron chi connectivity index (χ2n) is 8.81. The Hall–Kier alpha value is -0.830. The summed E-state index contributed by atoms with van der Waals surface area (Å²) in [5.74, 6) is 2.84. The molecule has 0 radical (unpaired) electrons. The van der Waals surface area contributed by atoms with E-state index < -0.39 is 0 Å². The summed E-state index contributed by atoms with van der Waals surface area (Å²) in [5, 5.41) is 8.23. The Bertz CT molecular complexity index is 610. The highest BCUT2D eigenvalue weighted by Gasteiger charge is 2.21. The average Bonchev–Trinajstić information content (AvgIpc) is 2.95. The van der Waals surface area contributed by atoms with Gasteiger partial charge in [0, 0.05) is 59.1 Å². The van der Waals surface area contributed by atoms with Gasteiger partial charge in [-0.1, -0.05) is 27.7 Å². The minimum atomic E-state index is 0. The normalized spacial score (nSPS) is 18.5. The summed E-state index contributed by atoms with van der Waals surface area (Å²) in [6.45, 7) is 14.5. The van der Waals surface area contributed by atoms with E-state index in [1.165, 1.54) is 43.7 Å². The summed E-state index contributed by atoms with van der Waals surface area (Å²) in [5.41, 5.74) is 2.45. The van der Waals surface area contributed by atoms with E-state index in [2.05, 4.69) is 66.1 Å². The van der Waals surface area contributed by atoms with Crippen LogP contribution >= 0.6 is 24.0 Å². The van der Waals surface area contributed by atoms with E-state index in [9.17, 15) is 0 Å². The first-order chi connectivity index (χ1) is 12.8. The van der Waals surface area contributed by atoms with Gasteiger partial charge in [-0.25, -0.2) is 0 Å². The fraction of sp³-hybridized carbons (Fsp3) is 0.810. The third kappa shape index (κ3) is 7.54. The molecule has 7 heteroatoms. The van der Waals surface area contributed by atoms with Crippen LogP contribution in [0.25, 0.3) is 0 Å². The van der Waals surface area contributed by atoms with Crippen LogP contribution in [0, 0.1) is 11.8 Å². The number of aryl methyl sites for hydroxylation is 1. The van der Waals surface area contributed by atoms with Crippen molar-refractivity contribution in [2.75, 3.05) is 40.3 Å². The first-order valence-corrected chi connectivity index (χ1v) is 10.5. The average molecular weight is 505 g/mol. The zero-order valence-electron chi connectivity index (χ0n) is 18.9. The fourth-order valence-electron chi connectivity index (χ4n) is 4.11. The molecule has 1 fully saturated rings. The van der Waals surface area contributed by atoms with Gasteiger partial charge in [-0.05, 0) is 37.1 Å². The van der Waals surface area contributed by atoms with Crippen molar-refractivity contribution in [3.05, 3.63) is 17.5 Å². The van der Waals surface area contributed by atoms with Crippen LogP contribution in [0.15, 0.2) is 11.2 Å². The Morgan fingerprint density at radius 2 is 2.07 bits per heavy atom. The molecule has 0 bridgehead atoms. The smallest absolute Gasteiger partial charge is 0.193 e. The summed E-state index contributed by atoms with van der Waals surface area (Å²) in [6.07, 6.45) is 4.74. The first kappa shape index (κ1) is 25.2. The SMILES string of the molecule is CN=C(NCC1CCCN(CC(C)C)C1)N(C)Cc1cn(C)nc1C(C)C.I. The molecule has 2 rings (SSSR count). The maximum atomic E-state index is 4.62. The van der Waals surface area contributed by atoms with Crippen LogP contribution in [-0.2, 0) is 13.6 Å². The van der Waals surface area contributed by atoms with Crippen molar-refractivity contribution in [3.63, 3.8) is 0 Å². The largest absolute Gasteiger partial charge is 0.356 e. The van der Waals surface area contributed by atoms with Gasteiger partial charge in [0.25, 0.3) is 0 Å². The topological polar surface area (TPSA) is 48.7 Å². The van der Waals surface area contributed by atoms with Gasteiger partial charge in [0.05, 0.1) is 5.69 Å². The lowest BCUT2D eigenvalue weighted by atomic mass is 9.97. The molecule has 0 aromatic carbocycles. The van der Waals surface area contributed by atoms with Crippen LogP contribution in [0.5, 0.6) is 0 Å². The number of aliphatic imine (C=N–C) groups is 1. The van der Waals surface area contributed by atoms with E-state index in [1.807, 2.05) is 18.8 Å². The second kappa shape index (κ2) is 12.0. The molecule has 6 nitrogen and oxygen atoms in total. The van der Waals surface area contributed by atoms with Gasteiger partial charge in [0.1, 0.15) is 0 Å². The van der Waals surface area contributed by atoms with Gasteiger partial charge in [-0.15, -0.1) is 24.0 Å². The summed E-state index contributed by atoms with van der Waals surface area (Å²) in [6, 6.07) is 0. The van der Waals surface area contributed by atoms with Gasteiger partial charge in [-0.3, -0.25) is 9.67 Å². The van der Waals surface area contributed by atoms with E-state index in [4.69, 9.17) is 0 Å². The van der Waals surface area contributed by atoms with Crippen LogP contribution in [-0.4, -0.2) is 65.8 Å². The molecule has 1 atom stereocenters. The molecule has 0 amide bonds. The van der Waals surface area contributed by atoms with Gasteiger partial charge in [0.2, 0.25) is 0 Å². The molecule has 1 aromatic rings. The van der Waals surface area contributed by atoms with E-state index in [0.29, 0.717) is 11.8 Å². The highest BCUT2D eigenvalue weighted by atomic mass is 127. The summed E-state index contributed by atoms with van der Waals surface area (Å²) in [7, 11) is 5.98. The summed E-state index contributed by atoms with van der Waals surface area (Å²) >= 11 is 0. The number of rotatable bonds is 7. The third-order valence-electron chi connectivity index (χ3n) is 5.24. The van der Waals surface area contributed by atoms with Crippen molar-refractivity contribution in [1.82, 2.24) is 24.9 Å². The lowest BCUT2D eigenvalue weighted by Gasteiger charge is -2.34. The molecule has 28 heavy (non-hydrogen) atoms. The molecule has 1 unspecified atom stereocenters. The maximum Gasteiger partial charge on any atom is 0.193 e. The van der Waals surface area contributed by atoms with Crippen molar-refractivity contribution < 1.29 is 0 Å². The molecule has 1 aliphatic heterocycles. The van der Waals surface area contributed by atoms with Crippen molar-refractivity contribution in [2.24, 2.45) is 23.9 Å². The number of aromatic nitrogens is 2. The number of piperidine rings is 1. The van der Waals surface area contributed by atoms with Gasteiger partial charge in [0.15, 0.2) is 5.96 Å². The van der Waals surface area contributed by atoms with Crippen LogP contribution in [0.2, 0.25) is 0 Å². The number of guanidine groups is 1. The Kier molecular flexibility index (Phi) is 10.8. The Morgan fingerprint density at radius 1 is 1.36 bits per heavy atom. The molecule has 2 heterocycles. The number of hydrogen-bond donors (Lipinski definition) is 1. The van der Waals surface area contributed by atoms with Crippen LogP contribution in [0.1, 0.15) is 57.7 Å². The van der Waals surface area contributed by atoms with E-state index in [-0.39, 0.29) is 24.0 Å². The molecule has 0 aliphatic carbocycles. The fourth-order valence-corrected chi connectivity index (χ4v) is 4.11. The molecule has 1 N–H and O–H groups in total. The van der Waals surface area contributed by atoms with Gasteiger partial charge in [-0.2, -0.15) is 5.10 Å².